The Bertz CT molecular complexity index is 613. The van der Waals surface area contributed by atoms with Gasteiger partial charge in [0.05, 0.1) is 0 Å². The first-order valence-electron chi connectivity index (χ1n) is 10.3. The number of hydrogen-bond donors (Lipinski definition) is 0. The van der Waals surface area contributed by atoms with Crippen molar-refractivity contribution in [2.24, 2.45) is 17.8 Å². The molecule has 1 heterocycles. The summed E-state index contributed by atoms with van der Waals surface area (Å²) in [5.41, 5.74) is 1.22. The summed E-state index contributed by atoms with van der Waals surface area (Å²) < 4.78 is 34.2. The molecule has 4 rings (SSSR count). The fourth-order valence-electron chi connectivity index (χ4n) is 5.55. The minimum absolute atomic E-state index is 0.0661. The minimum Gasteiger partial charge on any atom is -0.487 e. The van der Waals surface area contributed by atoms with Gasteiger partial charge in [0, 0.05) is 0 Å². The van der Waals surface area contributed by atoms with E-state index in [2.05, 4.69) is 0 Å². The van der Waals surface area contributed by atoms with Gasteiger partial charge in [0.15, 0.2) is 11.6 Å². The van der Waals surface area contributed by atoms with Crippen molar-refractivity contribution in [3.05, 3.63) is 28.8 Å². The molecule has 0 N–H and O–H groups in total. The zero-order chi connectivity index (χ0) is 17.4. The standard InChI is InChI=1S/C22H30F2O/c1-14-13-18-11-12-19(25-22(18)21(24)20(14)23)17-9-7-16(8-10-17)15-5-3-2-4-6-15/h13,15-17,19H,2-12H2,1H3. The van der Waals surface area contributed by atoms with Crippen molar-refractivity contribution < 1.29 is 13.5 Å². The zero-order valence-electron chi connectivity index (χ0n) is 15.3. The van der Waals surface area contributed by atoms with Gasteiger partial charge in [0.1, 0.15) is 6.10 Å². The molecule has 1 aliphatic heterocycles. The van der Waals surface area contributed by atoms with E-state index in [1.807, 2.05) is 0 Å². The summed E-state index contributed by atoms with van der Waals surface area (Å²) in [4.78, 5) is 0. The highest BCUT2D eigenvalue weighted by Crippen LogP contribution is 2.43. The maximum absolute atomic E-state index is 14.3. The lowest BCUT2D eigenvalue weighted by Crippen LogP contribution is -2.35. The molecule has 0 spiro atoms. The van der Waals surface area contributed by atoms with Crippen LogP contribution in [0.5, 0.6) is 5.75 Å². The topological polar surface area (TPSA) is 9.23 Å². The fraction of sp³-hybridized carbons (Fsp3) is 0.727. The molecule has 0 radical (unpaired) electrons. The first-order chi connectivity index (χ1) is 12.1. The quantitative estimate of drug-likeness (QED) is 0.605. The van der Waals surface area contributed by atoms with Crippen LogP contribution in [0.25, 0.3) is 0 Å². The normalized spacial score (nSPS) is 30.6. The van der Waals surface area contributed by atoms with Crippen LogP contribution in [0.2, 0.25) is 0 Å². The van der Waals surface area contributed by atoms with E-state index in [1.165, 1.54) is 57.8 Å². The van der Waals surface area contributed by atoms with Crippen LogP contribution in [-0.4, -0.2) is 6.10 Å². The van der Waals surface area contributed by atoms with Crippen LogP contribution in [0.4, 0.5) is 8.78 Å². The third-order valence-corrected chi connectivity index (χ3v) is 7.05. The molecule has 1 unspecified atom stereocenters. The Morgan fingerprint density at radius 1 is 0.800 bits per heavy atom. The lowest BCUT2D eigenvalue weighted by atomic mass is 9.69. The predicted octanol–water partition coefficient (Wildman–Crippen LogP) is 6.35. The number of halogens is 2. The van der Waals surface area contributed by atoms with Crippen LogP contribution in [-0.2, 0) is 6.42 Å². The van der Waals surface area contributed by atoms with Gasteiger partial charge in [-0.1, -0.05) is 32.1 Å². The second kappa shape index (κ2) is 7.25. The van der Waals surface area contributed by atoms with E-state index in [4.69, 9.17) is 4.74 Å². The Morgan fingerprint density at radius 3 is 2.16 bits per heavy atom. The molecule has 3 heteroatoms. The fourth-order valence-corrected chi connectivity index (χ4v) is 5.55. The Morgan fingerprint density at radius 2 is 1.44 bits per heavy atom. The van der Waals surface area contributed by atoms with Gasteiger partial charge in [-0.05, 0) is 80.4 Å². The number of fused-ring (bicyclic) bond motifs is 1. The van der Waals surface area contributed by atoms with Crippen molar-refractivity contribution in [1.82, 2.24) is 0 Å². The molecular formula is C22H30F2O. The summed E-state index contributed by atoms with van der Waals surface area (Å²) in [7, 11) is 0. The zero-order valence-corrected chi connectivity index (χ0v) is 15.3. The summed E-state index contributed by atoms with van der Waals surface area (Å²) in [6, 6.07) is 1.75. The van der Waals surface area contributed by atoms with Crippen LogP contribution < -0.4 is 4.74 Å². The molecule has 2 aliphatic carbocycles. The lowest BCUT2D eigenvalue weighted by molar-refractivity contribution is 0.0591. The monoisotopic (exact) mass is 348 g/mol. The van der Waals surface area contributed by atoms with Gasteiger partial charge in [-0.25, -0.2) is 4.39 Å². The highest BCUT2D eigenvalue weighted by Gasteiger charge is 2.35. The summed E-state index contributed by atoms with van der Waals surface area (Å²) in [5, 5.41) is 0. The third-order valence-electron chi connectivity index (χ3n) is 7.05. The number of hydrogen-bond acceptors (Lipinski definition) is 1. The first kappa shape index (κ1) is 17.3. The Kier molecular flexibility index (Phi) is 5.01. The summed E-state index contributed by atoms with van der Waals surface area (Å²) >= 11 is 0. The van der Waals surface area contributed by atoms with Gasteiger partial charge in [0.2, 0.25) is 5.82 Å². The molecule has 3 aliphatic rings. The van der Waals surface area contributed by atoms with Crippen molar-refractivity contribution in [2.75, 3.05) is 0 Å². The van der Waals surface area contributed by atoms with E-state index < -0.39 is 11.6 Å². The van der Waals surface area contributed by atoms with Crippen molar-refractivity contribution >= 4 is 0 Å². The average Bonchev–Trinajstić information content (AvgIpc) is 2.67. The average molecular weight is 348 g/mol. The maximum Gasteiger partial charge on any atom is 0.201 e. The van der Waals surface area contributed by atoms with Crippen molar-refractivity contribution in [1.29, 1.82) is 0 Å². The molecule has 1 nitrogen and oxygen atoms in total. The number of rotatable bonds is 2. The number of benzene rings is 1. The molecule has 1 atom stereocenters. The first-order valence-corrected chi connectivity index (χ1v) is 10.3. The largest absolute Gasteiger partial charge is 0.487 e. The van der Waals surface area contributed by atoms with Crippen LogP contribution in [0.3, 0.4) is 0 Å². The second-order valence-electron chi connectivity index (χ2n) is 8.58. The Hall–Kier alpha value is -1.12. The van der Waals surface area contributed by atoms with E-state index in [-0.39, 0.29) is 11.9 Å². The molecular weight excluding hydrogens is 318 g/mol. The lowest BCUT2D eigenvalue weighted by Gasteiger charge is -2.39. The van der Waals surface area contributed by atoms with E-state index in [9.17, 15) is 8.78 Å². The van der Waals surface area contributed by atoms with Gasteiger partial charge in [-0.2, -0.15) is 4.39 Å². The van der Waals surface area contributed by atoms with Crippen LogP contribution >= 0.6 is 0 Å². The SMILES string of the molecule is Cc1cc2c(c(F)c1F)OC(C1CCC(C3CCCCC3)CC1)CC2. The van der Waals surface area contributed by atoms with Gasteiger partial charge >= 0.3 is 0 Å². The maximum atomic E-state index is 14.3. The van der Waals surface area contributed by atoms with Crippen LogP contribution in [0.15, 0.2) is 6.07 Å². The van der Waals surface area contributed by atoms with E-state index in [1.54, 1.807) is 13.0 Å². The summed E-state index contributed by atoms with van der Waals surface area (Å²) in [6.07, 6.45) is 13.9. The smallest absolute Gasteiger partial charge is 0.201 e. The molecule has 2 fully saturated rings. The molecule has 0 bridgehead atoms. The van der Waals surface area contributed by atoms with Gasteiger partial charge in [-0.3, -0.25) is 0 Å². The Labute approximate surface area is 150 Å². The van der Waals surface area contributed by atoms with E-state index >= 15 is 0 Å². The molecule has 1 aromatic carbocycles. The highest BCUT2D eigenvalue weighted by molar-refractivity contribution is 5.41. The van der Waals surface area contributed by atoms with Crippen LogP contribution in [0, 0.1) is 36.3 Å². The van der Waals surface area contributed by atoms with Gasteiger partial charge in [-0.15, -0.1) is 0 Å². The van der Waals surface area contributed by atoms with Crippen molar-refractivity contribution in [3.8, 4) is 5.75 Å². The predicted molar refractivity (Wildman–Crippen MR) is 95.9 cm³/mol. The molecule has 138 valence electrons. The third kappa shape index (κ3) is 3.44. The summed E-state index contributed by atoms with van der Waals surface area (Å²) in [6.45, 7) is 1.62. The van der Waals surface area contributed by atoms with E-state index in [0.29, 0.717) is 11.5 Å². The van der Waals surface area contributed by atoms with Gasteiger partial charge < -0.3 is 4.74 Å². The van der Waals surface area contributed by atoms with Crippen LogP contribution in [0.1, 0.15) is 75.3 Å². The molecule has 1 aromatic rings. The highest BCUT2D eigenvalue weighted by atomic mass is 19.2. The van der Waals surface area contributed by atoms with E-state index in [0.717, 1.165) is 30.2 Å². The summed E-state index contributed by atoms with van der Waals surface area (Å²) in [5.74, 6) is 1.00. The molecule has 0 amide bonds. The van der Waals surface area contributed by atoms with Crippen molar-refractivity contribution in [3.63, 3.8) is 0 Å². The molecule has 0 saturated heterocycles. The van der Waals surface area contributed by atoms with Crippen molar-refractivity contribution in [2.45, 2.75) is 83.7 Å². The van der Waals surface area contributed by atoms with Gasteiger partial charge in [0.25, 0.3) is 0 Å². The molecule has 2 saturated carbocycles. The number of aryl methyl sites for hydroxylation is 2. The Balaban J connectivity index is 1.39. The minimum atomic E-state index is -0.782. The second-order valence-corrected chi connectivity index (χ2v) is 8.58. The number of ether oxygens (including phenoxy) is 1. The molecule has 25 heavy (non-hydrogen) atoms. The molecule has 0 aromatic heterocycles.